The topological polar surface area (TPSA) is 98.4 Å². The van der Waals surface area contributed by atoms with Crippen LogP contribution in [0.1, 0.15) is 13.3 Å². The lowest BCUT2D eigenvalue weighted by atomic mass is 10.4. The maximum Gasteiger partial charge on any atom is 0.242 e. The van der Waals surface area contributed by atoms with Gasteiger partial charge in [-0.3, -0.25) is 0 Å². The van der Waals surface area contributed by atoms with Gasteiger partial charge in [-0.25, -0.2) is 13.4 Å². The van der Waals surface area contributed by atoms with E-state index in [0.717, 1.165) is 6.42 Å². The Balaban J connectivity index is 2.82. The van der Waals surface area contributed by atoms with Crippen LogP contribution in [0.15, 0.2) is 6.33 Å². The van der Waals surface area contributed by atoms with Gasteiger partial charge in [0.05, 0.1) is 12.4 Å². The molecule has 1 aromatic heterocycles. The number of anilines is 2. The molecule has 1 heterocycles. The minimum absolute atomic E-state index is 0.0398. The Hall–Kier alpha value is -1.57. The third kappa shape index (κ3) is 4.90. The minimum atomic E-state index is -3.02. The number of aromatic nitrogens is 2. The van der Waals surface area contributed by atoms with Crippen LogP contribution in [-0.4, -0.2) is 50.6 Å². The lowest BCUT2D eigenvalue weighted by molar-refractivity contribution is 0.306. The van der Waals surface area contributed by atoms with Gasteiger partial charge in [0.15, 0.2) is 5.82 Å². The SMILES string of the molecule is CCCOc1ncnc(N(C)CCS(C)(=O)=O)c1N. The summed E-state index contributed by atoms with van der Waals surface area (Å²) in [5.74, 6) is 0.848. The largest absolute Gasteiger partial charge is 0.476 e. The summed E-state index contributed by atoms with van der Waals surface area (Å²) in [4.78, 5) is 9.70. The number of hydrogen-bond donors (Lipinski definition) is 1. The number of ether oxygens (including phenoxy) is 1. The third-order valence-electron chi connectivity index (χ3n) is 2.43. The Labute approximate surface area is 113 Å². The average molecular weight is 288 g/mol. The van der Waals surface area contributed by atoms with E-state index in [1.165, 1.54) is 12.6 Å². The van der Waals surface area contributed by atoms with Gasteiger partial charge in [0.25, 0.3) is 0 Å². The Kier molecular flexibility index (Phi) is 5.34. The van der Waals surface area contributed by atoms with E-state index in [1.54, 1.807) is 11.9 Å². The van der Waals surface area contributed by atoms with Crippen molar-refractivity contribution in [3.63, 3.8) is 0 Å². The number of nitrogens with zero attached hydrogens (tertiary/aromatic N) is 3. The molecule has 1 rings (SSSR count). The highest BCUT2D eigenvalue weighted by Gasteiger charge is 2.14. The van der Waals surface area contributed by atoms with E-state index in [9.17, 15) is 8.42 Å². The van der Waals surface area contributed by atoms with Crippen LogP contribution in [0, 0.1) is 0 Å². The molecule has 19 heavy (non-hydrogen) atoms. The van der Waals surface area contributed by atoms with Gasteiger partial charge in [-0.2, -0.15) is 4.98 Å². The number of sulfone groups is 1. The summed E-state index contributed by atoms with van der Waals surface area (Å²) in [6.07, 6.45) is 3.40. The van der Waals surface area contributed by atoms with Crippen LogP contribution >= 0.6 is 0 Å². The normalized spacial score (nSPS) is 11.3. The number of hydrogen-bond acceptors (Lipinski definition) is 7. The molecule has 0 radical (unpaired) electrons. The van der Waals surface area contributed by atoms with Crippen molar-refractivity contribution in [3.05, 3.63) is 6.33 Å². The van der Waals surface area contributed by atoms with Crippen LogP contribution in [0.2, 0.25) is 0 Å². The summed E-state index contributed by atoms with van der Waals surface area (Å²) in [5, 5.41) is 0. The molecule has 1 aromatic rings. The van der Waals surface area contributed by atoms with Crippen molar-refractivity contribution in [1.82, 2.24) is 9.97 Å². The first-order valence-electron chi connectivity index (χ1n) is 5.97. The molecule has 0 amide bonds. The highest BCUT2D eigenvalue weighted by Crippen LogP contribution is 2.26. The molecule has 0 bridgehead atoms. The summed E-state index contributed by atoms with van der Waals surface area (Å²) in [5.41, 5.74) is 6.25. The lowest BCUT2D eigenvalue weighted by Gasteiger charge is -2.20. The van der Waals surface area contributed by atoms with E-state index < -0.39 is 9.84 Å². The summed E-state index contributed by atoms with van der Waals surface area (Å²) in [6.45, 7) is 2.82. The number of rotatable bonds is 7. The fourth-order valence-corrected chi connectivity index (χ4v) is 2.00. The van der Waals surface area contributed by atoms with Crippen LogP contribution in [0.25, 0.3) is 0 Å². The van der Waals surface area contributed by atoms with Gasteiger partial charge in [-0.05, 0) is 6.42 Å². The molecule has 0 fully saturated rings. The Bertz CT molecular complexity index is 519. The Morgan fingerprint density at radius 3 is 2.68 bits per heavy atom. The van der Waals surface area contributed by atoms with E-state index in [4.69, 9.17) is 10.5 Å². The zero-order valence-corrected chi connectivity index (χ0v) is 12.3. The summed E-state index contributed by atoms with van der Waals surface area (Å²) >= 11 is 0. The summed E-state index contributed by atoms with van der Waals surface area (Å²) in [7, 11) is -1.29. The molecule has 0 aliphatic carbocycles. The zero-order chi connectivity index (χ0) is 14.5. The molecular formula is C11H20N4O3S. The van der Waals surface area contributed by atoms with Crippen LogP contribution in [0.4, 0.5) is 11.5 Å². The van der Waals surface area contributed by atoms with Crippen molar-refractivity contribution in [1.29, 1.82) is 0 Å². The zero-order valence-electron chi connectivity index (χ0n) is 11.5. The van der Waals surface area contributed by atoms with Crippen molar-refractivity contribution in [2.24, 2.45) is 0 Å². The fourth-order valence-electron chi connectivity index (χ4n) is 1.40. The highest BCUT2D eigenvalue weighted by atomic mass is 32.2. The maximum absolute atomic E-state index is 11.1. The van der Waals surface area contributed by atoms with Gasteiger partial charge >= 0.3 is 0 Å². The van der Waals surface area contributed by atoms with E-state index >= 15 is 0 Å². The quantitative estimate of drug-likeness (QED) is 0.771. The molecule has 8 heteroatoms. The molecule has 0 saturated heterocycles. The molecule has 7 nitrogen and oxygen atoms in total. The van der Waals surface area contributed by atoms with Crippen LogP contribution in [-0.2, 0) is 9.84 Å². The first-order chi connectivity index (χ1) is 8.85. The van der Waals surface area contributed by atoms with Crippen molar-refractivity contribution in [3.8, 4) is 5.88 Å². The molecule has 0 aliphatic rings. The molecule has 0 saturated carbocycles. The molecular weight excluding hydrogens is 268 g/mol. The monoisotopic (exact) mass is 288 g/mol. The van der Waals surface area contributed by atoms with Gasteiger partial charge in [0.1, 0.15) is 21.9 Å². The molecule has 0 atom stereocenters. The van der Waals surface area contributed by atoms with Gasteiger partial charge in [-0.15, -0.1) is 0 Å². The molecule has 0 aliphatic heterocycles. The minimum Gasteiger partial charge on any atom is -0.476 e. The molecule has 108 valence electrons. The van der Waals surface area contributed by atoms with Crippen molar-refractivity contribution in [2.45, 2.75) is 13.3 Å². The second kappa shape index (κ2) is 6.55. The Morgan fingerprint density at radius 1 is 1.42 bits per heavy atom. The molecule has 2 N–H and O–H groups in total. The van der Waals surface area contributed by atoms with E-state index in [1.807, 2.05) is 6.92 Å². The van der Waals surface area contributed by atoms with Gasteiger partial charge in [0, 0.05) is 19.8 Å². The van der Waals surface area contributed by atoms with E-state index in [-0.39, 0.29) is 5.75 Å². The number of nitrogen functional groups attached to an aromatic ring is 1. The van der Waals surface area contributed by atoms with E-state index in [2.05, 4.69) is 9.97 Å². The molecule has 0 spiro atoms. The standard InChI is InChI=1S/C11H20N4O3S/c1-4-6-18-11-9(12)10(13-8-14-11)15(2)5-7-19(3,16)17/h8H,4-7,12H2,1-3H3. The van der Waals surface area contributed by atoms with Crippen molar-refractivity contribution < 1.29 is 13.2 Å². The number of nitrogens with two attached hydrogens (primary N) is 1. The lowest BCUT2D eigenvalue weighted by Crippen LogP contribution is -2.26. The second-order valence-corrected chi connectivity index (χ2v) is 6.58. The van der Waals surface area contributed by atoms with Crippen LogP contribution in [0.3, 0.4) is 0 Å². The average Bonchev–Trinajstić information content (AvgIpc) is 2.34. The van der Waals surface area contributed by atoms with Gasteiger partial charge < -0.3 is 15.4 Å². The Morgan fingerprint density at radius 2 is 2.11 bits per heavy atom. The van der Waals surface area contributed by atoms with Gasteiger partial charge in [0.2, 0.25) is 5.88 Å². The highest BCUT2D eigenvalue weighted by molar-refractivity contribution is 7.90. The smallest absolute Gasteiger partial charge is 0.242 e. The third-order valence-corrected chi connectivity index (χ3v) is 3.35. The van der Waals surface area contributed by atoms with Crippen molar-refractivity contribution in [2.75, 3.05) is 42.8 Å². The predicted molar refractivity (Wildman–Crippen MR) is 75.2 cm³/mol. The summed E-state index contributed by atoms with van der Waals surface area (Å²) < 4.78 is 27.7. The second-order valence-electron chi connectivity index (χ2n) is 4.32. The maximum atomic E-state index is 11.1. The predicted octanol–water partition coefficient (Wildman–Crippen LogP) is 0.328. The summed E-state index contributed by atoms with van der Waals surface area (Å²) in [6, 6.07) is 0. The van der Waals surface area contributed by atoms with Crippen molar-refractivity contribution >= 4 is 21.3 Å². The van der Waals surface area contributed by atoms with Gasteiger partial charge in [-0.1, -0.05) is 6.92 Å². The van der Waals surface area contributed by atoms with Crippen LogP contribution < -0.4 is 15.4 Å². The van der Waals surface area contributed by atoms with E-state index in [0.29, 0.717) is 30.5 Å². The van der Waals surface area contributed by atoms with Crippen LogP contribution in [0.5, 0.6) is 5.88 Å². The first kappa shape index (κ1) is 15.5. The first-order valence-corrected chi connectivity index (χ1v) is 8.03. The molecule has 0 unspecified atom stereocenters. The fraction of sp³-hybridized carbons (Fsp3) is 0.636. The molecule has 0 aromatic carbocycles.